The first-order chi connectivity index (χ1) is 22.4. The SMILES string of the molecule is CC/C=C\C/C=C\C/C=C\C/C=C\CCCCCCCCCOCC(COC1OC(CO)C(O)C(O)C1O)OC(=O)CCCCC. The largest absolute Gasteiger partial charge is 0.457 e. The van der Waals surface area contributed by atoms with Gasteiger partial charge in [0.2, 0.25) is 0 Å². The zero-order valence-corrected chi connectivity index (χ0v) is 28.6. The molecule has 0 bridgehead atoms. The van der Waals surface area contributed by atoms with Crippen LogP contribution >= 0.6 is 0 Å². The van der Waals surface area contributed by atoms with E-state index in [-0.39, 0.29) is 19.2 Å². The fourth-order valence-electron chi connectivity index (χ4n) is 4.95. The standard InChI is InChI=1S/C37H64O9/c1-3-5-7-8-9-10-11-12-13-14-15-16-17-18-19-20-21-22-23-25-27-43-29-31(45-33(39)26-24-6-4-2)30-44-37-36(42)35(41)34(40)32(28-38)46-37/h5,7,9-10,12-13,15-16,31-32,34-38,40-42H,3-4,6,8,11,14,17-30H2,1-2H3/b7-5-,10-9-,13-12-,16-15-. The molecule has 0 radical (unpaired) electrons. The van der Waals surface area contributed by atoms with Crippen LogP contribution in [0.25, 0.3) is 0 Å². The van der Waals surface area contributed by atoms with E-state index in [1.165, 1.54) is 25.7 Å². The summed E-state index contributed by atoms with van der Waals surface area (Å²) in [4.78, 5) is 12.3. The zero-order chi connectivity index (χ0) is 33.7. The van der Waals surface area contributed by atoms with Gasteiger partial charge in [-0.1, -0.05) is 107 Å². The van der Waals surface area contributed by atoms with Gasteiger partial charge >= 0.3 is 5.97 Å². The van der Waals surface area contributed by atoms with Crippen LogP contribution < -0.4 is 0 Å². The van der Waals surface area contributed by atoms with Gasteiger partial charge in [0.25, 0.3) is 0 Å². The van der Waals surface area contributed by atoms with Gasteiger partial charge in [0, 0.05) is 13.0 Å². The molecule has 1 aliphatic heterocycles. The number of allylic oxidation sites excluding steroid dienone is 8. The van der Waals surface area contributed by atoms with Crippen LogP contribution in [0.2, 0.25) is 0 Å². The van der Waals surface area contributed by atoms with E-state index in [1.807, 2.05) is 0 Å². The summed E-state index contributed by atoms with van der Waals surface area (Å²) in [6.07, 6.45) is 26.5. The van der Waals surface area contributed by atoms with E-state index >= 15 is 0 Å². The molecule has 0 aliphatic carbocycles. The van der Waals surface area contributed by atoms with Gasteiger partial charge in [-0.15, -0.1) is 0 Å². The van der Waals surface area contributed by atoms with Gasteiger partial charge in [-0.2, -0.15) is 0 Å². The van der Waals surface area contributed by atoms with E-state index in [0.29, 0.717) is 13.0 Å². The molecule has 1 heterocycles. The van der Waals surface area contributed by atoms with Crippen LogP contribution in [0.1, 0.15) is 117 Å². The van der Waals surface area contributed by atoms with Crippen molar-refractivity contribution in [2.45, 2.75) is 153 Å². The van der Waals surface area contributed by atoms with Crippen molar-refractivity contribution in [1.82, 2.24) is 0 Å². The molecule has 4 N–H and O–H groups in total. The number of hydrogen-bond donors (Lipinski definition) is 4. The second kappa shape index (κ2) is 29.3. The predicted molar refractivity (Wildman–Crippen MR) is 182 cm³/mol. The highest BCUT2D eigenvalue weighted by molar-refractivity contribution is 5.69. The van der Waals surface area contributed by atoms with Crippen LogP contribution in [-0.2, 0) is 23.7 Å². The molecule has 6 unspecified atom stereocenters. The quantitative estimate of drug-likeness (QED) is 0.0440. The molecule has 9 heteroatoms. The number of hydrogen-bond acceptors (Lipinski definition) is 9. The third-order valence-electron chi connectivity index (χ3n) is 7.76. The van der Waals surface area contributed by atoms with Gasteiger partial charge < -0.3 is 39.4 Å². The number of aliphatic hydroxyl groups excluding tert-OH is 4. The summed E-state index contributed by atoms with van der Waals surface area (Å²) in [5, 5.41) is 39.6. The monoisotopic (exact) mass is 652 g/mol. The minimum Gasteiger partial charge on any atom is -0.457 e. The van der Waals surface area contributed by atoms with Crippen molar-refractivity contribution >= 4 is 5.97 Å². The number of ether oxygens (including phenoxy) is 4. The highest BCUT2D eigenvalue weighted by Gasteiger charge is 2.44. The molecular weight excluding hydrogens is 588 g/mol. The number of carbonyl (C=O) groups excluding carboxylic acids is 1. The van der Waals surface area contributed by atoms with Crippen molar-refractivity contribution < 1.29 is 44.2 Å². The topological polar surface area (TPSA) is 135 Å². The number of carbonyl (C=O) groups is 1. The average Bonchev–Trinajstić information content (AvgIpc) is 3.05. The first-order valence-corrected chi connectivity index (χ1v) is 17.7. The summed E-state index contributed by atoms with van der Waals surface area (Å²) < 4.78 is 22.4. The maximum atomic E-state index is 12.3. The van der Waals surface area contributed by atoms with E-state index in [9.17, 15) is 25.2 Å². The summed E-state index contributed by atoms with van der Waals surface area (Å²) in [6, 6.07) is 0. The van der Waals surface area contributed by atoms with Crippen molar-refractivity contribution in [2.75, 3.05) is 26.4 Å². The van der Waals surface area contributed by atoms with Gasteiger partial charge in [-0.05, 0) is 51.4 Å². The highest BCUT2D eigenvalue weighted by Crippen LogP contribution is 2.22. The van der Waals surface area contributed by atoms with Crippen LogP contribution in [0, 0.1) is 0 Å². The Balaban J connectivity index is 2.18. The highest BCUT2D eigenvalue weighted by atomic mass is 16.7. The maximum absolute atomic E-state index is 12.3. The van der Waals surface area contributed by atoms with E-state index < -0.39 is 43.4 Å². The van der Waals surface area contributed by atoms with Crippen LogP contribution in [-0.4, -0.2) is 89.6 Å². The lowest BCUT2D eigenvalue weighted by Gasteiger charge is -2.39. The molecule has 0 aromatic heterocycles. The smallest absolute Gasteiger partial charge is 0.306 e. The second-order valence-corrected chi connectivity index (χ2v) is 11.9. The van der Waals surface area contributed by atoms with E-state index in [0.717, 1.165) is 70.6 Å². The van der Waals surface area contributed by atoms with Crippen molar-refractivity contribution in [1.29, 1.82) is 0 Å². The Morgan fingerprint density at radius 1 is 0.717 bits per heavy atom. The van der Waals surface area contributed by atoms with Crippen molar-refractivity contribution in [3.63, 3.8) is 0 Å². The zero-order valence-electron chi connectivity index (χ0n) is 28.6. The Kier molecular flexibility index (Phi) is 26.9. The van der Waals surface area contributed by atoms with Crippen molar-refractivity contribution in [3.05, 3.63) is 48.6 Å². The van der Waals surface area contributed by atoms with Gasteiger partial charge in [0.15, 0.2) is 6.29 Å². The van der Waals surface area contributed by atoms with Crippen molar-refractivity contribution in [2.24, 2.45) is 0 Å². The molecule has 46 heavy (non-hydrogen) atoms. The Bertz CT molecular complexity index is 839. The van der Waals surface area contributed by atoms with E-state index in [2.05, 4.69) is 62.5 Å². The Labute approximate surface area is 278 Å². The van der Waals surface area contributed by atoms with Gasteiger partial charge in [-0.3, -0.25) is 4.79 Å². The lowest BCUT2D eigenvalue weighted by atomic mass is 9.99. The van der Waals surface area contributed by atoms with Crippen molar-refractivity contribution in [3.8, 4) is 0 Å². The summed E-state index contributed by atoms with van der Waals surface area (Å²) in [5.41, 5.74) is 0. The Morgan fingerprint density at radius 2 is 1.33 bits per heavy atom. The van der Waals surface area contributed by atoms with Gasteiger partial charge in [0.05, 0.1) is 19.8 Å². The maximum Gasteiger partial charge on any atom is 0.306 e. The summed E-state index contributed by atoms with van der Waals surface area (Å²) in [5.74, 6) is -0.346. The molecule has 266 valence electrons. The summed E-state index contributed by atoms with van der Waals surface area (Å²) >= 11 is 0. The van der Waals surface area contributed by atoms with Crippen LogP contribution in [0.4, 0.5) is 0 Å². The molecule has 0 aromatic carbocycles. The number of aliphatic hydroxyl groups is 4. The Hall–Kier alpha value is -1.85. The summed E-state index contributed by atoms with van der Waals surface area (Å²) in [7, 11) is 0. The normalized spacial score (nSPS) is 23.0. The molecule has 6 atom stereocenters. The molecule has 0 aromatic rings. The predicted octanol–water partition coefficient (Wildman–Crippen LogP) is 6.24. The molecule has 1 saturated heterocycles. The molecule has 1 rings (SSSR count). The minimum atomic E-state index is -1.53. The number of rotatable bonds is 28. The first kappa shape index (κ1) is 42.2. The molecule has 1 aliphatic rings. The van der Waals surface area contributed by atoms with Crippen LogP contribution in [0.3, 0.4) is 0 Å². The third kappa shape index (κ3) is 21.1. The lowest BCUT2D eigenvalue weighted by molar-refractivity contribution is -0.305. The van der Waals surface area contributed by atoms with Gasteiger partial charge in [0.1, 0.15) is 30.5 Å². The Morgan fingerprint density at radius 3 is 1.96 bits per heavy atom. The molecular formula is C37H64O9. The molecule has 0 saturated carbocycles. The molecule has 9 nitrogen and oxygen atoms in total. The summed E-state index contributed by atoms with van der Waals surface area (Å²) in [6.45, 7) is 4.21. The van der Waals surface area contributed by atoms with E-state index in [1.54, 1.807) is 0 Å². The average molecular weight is 653 g/mol. The molecule has 0 spiro atoms. The van der Waals surface area contributed by atoms with Crippen LogP contribution in [0.15, 0.2) is 48.6 Å². The lowest BCUT2D eigenvalue weighted by Crippen LogP contribution is -2.59. The molecule has 1 fully saturated rings. The first-order valence-electron chi connectivity index (χ1n) is 17.7. The van der Waals surface area contributed by atoms with Crippen LogP contribution in [0.5, 0.6) is 0 Å². The number of unbranched alkanes of at least 4 members (excludes halogenated alkanes) is 9. The van der Waals surface area contributed by atoms with Gasteiger partial charge in [-0.25, -0.2) is 0 Å². The molecule has 0 amide bonds. The van der Waals surface area contributed by atoms with E-state index in [4.69, 9.17) is 18.9 Å². The fraction of sp³-hybridized carbons (Fsp3) is 0.757. The second-order valence-electron chi connectivity index (χ2n) is 11.9. The fourth-order valence-corrected chi connectivity index (χ4v) is 4.95. The number of esters is 1. The minimum absolute atomic E-state index is 0.122. The third-order valence-corrected chi connectivity index (χ3v) is 7.76.